The SMILES string of the molecule is COCc1cc2cc(C(Cc3ccc(C(=N)N)cc3)c3nn(-c4ncccn4)c(=O)[nH]3)cc(OC)c2o1. The van der Waals surface area contributed by atoms with E-state index in [4.69, 9.17) is 25.0 Å². The van der Waals surface area contributed by atoms with E-state index in [1.807, 2.05) is 30.3 Å². The Balaban J connectivity index is 1.62. The molecule has 1 unspecified atom stereocenters. The molecule has 0 spiro atoms. The number of nitrogens with two attached hydrogens (primary N) is 1. The van der Waals surface area contributed by atoms with Gasteiger partial charge in [0.25, 0.3) is 5.95 Å². The molecule has 0 radical (unpaired) electrons. The molecule has 4 N–H and O–H groups in total. The number of amidine groups is 1. The average Bonchev–Trinajstić information content (AvgIpc) is 3.50. The quantitative estimate of drug-likeness (QED) is 0.206. The Labute approximate surface area is 211 Å². The van der Waals surface area contributed by atoms with Crippen molar-refractivity contribution in [3.05, 3.63) is 99.7 Å². The van der Waals surface area contributed by atoms with Gasteiger partial charge in [0.2, 0.25) is 0 Å². The van der Waals surface area contributed by atoms with Crippen molar-refractivity contribution in [3.8, 4) is 11.7 Å². The number of hydrogen-bond acceptors (Lipinski definition) is 8. The van der Waals surface area contributed by atoms with Crippen LogP contribution in [0.25, 0.3) is 16.9 Å². The molecule has 0 amide bonds. The van der Waals surface area contributed by atoms with E-state index in [-0.39, 0.29) is 17.7 Å². The van der Waals surface area contributed by atoms with Gasteiger partial charge in [0.05, 0.1) is 7.11 Å². The Morgan fingerprint density at radius 1 is 1.16 bits per heavy atom. The first-order chi connectivity index (χ1) is 18.0. The second-order valence-corrected chi connectivity index (χ2v) is 8.43. The first-order valence-corrected chi connectivity index (χ1v) is 11.5. The molecule has 0 saturated carbocycles. The number of methoxy groups -OCH3 is 2. The van der Waals surface area contributed by atoms with Gasteiger partial charge in [-0.3, -0.25) is 10.4 Å². The lowest BCUT2D eigenvalue weighted by Crippen LogP contribution is -2.18. The molecule has 0 aliphatic rings. The van der Waals surface area contributed by atoms with Crippen molar-refractivity contribution in [3.63, 3.8) is 0 Å². The van der Waals surface area contributed by atoms with Gasteiger partial charge in [-0.05, 0) is 41.8 Å². The number of aromatic nitrogens is 5. The Morgan fingerprint density at radius 2 is 1.92 bits per heavy atom. The van der Waals surface area contributed by atoms with Gasteiger partial charge < -0.3 is 19.6 Å². The van der Waals surface area contributed by atoms with Crippen molar-refractivity contribution in [1.29, 1.82) is 5.41 Å². The third-order valence-electron chi connectivity index (χ3n) is 5.98. The topological polar surface area (TPSA) is 158 Å². The van der Waals surface area contributed by atoms with Crippen LogP contribution >= 0.6 is 0 Å². The van der Waals surface area contributed by atoms with Gasteiger partial charge >= 0.3 is 5.69 Å². The minimum Gasteiger partial charge on any atom is -0.493 e. The highest BCUT2D eigenvalue weighted by Crippen LogP contribution is 2.36. The number of ether oxygens (including phenoxy) is 2. The average molecular weight is 500 g/mol. The number of hydrogen-bond donors (Lipinski definition) is 3. The summed E-state index contributed by atoms with van der Waals surface area (Å²) in [4.78, 5) is 24.0. The van der Waals surface area contributed by atoms with E-state index in [1.165, 1.54) is 0 Å². The number of furan rings is 1. The molecule has 1 atom stereocenters. The van der Waals surface area contributed by atoms with Gasteiger partial charge in [-0.1, -0.05) is 24.3 Å². The van der Waals surface area contributed by atoms with E-state index in [9.17, 15) is 4.79 Å². The van der Waals surface area contributed by atoms with Crippen LogP contribution in [-0.2, 0) is 17.8 Å². The summed E-state index contributed by atoms with van der Waals surface area (Å²) >= 11 is 0. The van der Waals surface area contributed by atoms with Crippen LogP contribution in [0.2, 0.25) is 0 Å². The highest BCUT2D eigenvalue weighted by molar-refractivity contribution is 5.94. The summed E-state index contributed by atoms with van der Waals surface area (Å²) in [5.41, 5.74) is 8.24. The van der Waals surface area contributed by atoms with Crippen LogP contribution in [0.4, 0.5) is 0 Å². The van der Waals surface area contributed by atoms with Crippen LogP contribution in [0, 0.1) is 5.41 Å². The first-order valence-electron chi connectivity index (χ1n) is 11.5. The van der Waals surface area contributed by atoms with Gasteiger partial charge in [-0.15, -0.1) is 9.78 Å². The summed E-state index contributed by atoms with van der Waals surface area (Å²) in [6, 6.07) is 14.9. The Bertz CT molecular complexity index is 1600. The van der Waals surface area contributed by atoms with E-state index >= 15 is 0 Å². The number of nitrogens with one attached hydrogen (secondary N) is 2. The van der Waals surface area contributed by atoms with Crippen molar-refractivity contribution >= 4 is 16.8 Å². The molecule has 37 heavy (non-hydrogen) atoms. The molecule has 0 aliphatic heterocycles. The first kappa shape index (κ1) is 23.9. The van der Waals surface area contributed by atoms with Crippen LogP contribution in [-0.4, -0.2) is 44.8 Å². The zero-order chi connectivity index (χ0) is 25.9. The predicted octanol–water partition coefficient (Wildman–Crippen LogP) is 2.91. The van der Waals surface area contributed by atoms with E-state index < -0.39 is 5.69 Å². The van der Waals surface area contributed by atoms with Crippen LogP contribution in [0.1, 0.15) is 34.2 Å². The monoisotopic (exact) mass is 499 g/mol. The summed E-state index contributed by atoms with van der Waals surface area (Å²) in [6.07, 6.45) is 3.59. The normalized spacial score (nSPS) is 12.1. The third kappa shape index (κ3) is 4.84. The number of aromatic amines is 1. The third-order valence-corrected chi connectivity index (χ3v) is 5.98. The Kier molecular flexibility index (Phi) is 6.52. The van der Waals surface area contributed by atoms with E-state index in [0.717, 1.165) is 21.2 Å². The Morgan fingerprint density at radius 3 is 2.59 bits per heavy atom. The number of H-pyrrole nitrogens is 1. The lowest BCUT2D eigenvalue weighted by atomic mass is 9.90. The van der Waals surface area contributed by atoms with Crippen molar-refractivity contribution in [2.24, 2.45) is 5.73 Å². The van der Waals surface area contributed by atoms with Gasteiger partial charge in [0.15, 0.2) is 11.3 Å². The second-order valence-electron chi connectivity index (χ2n) is 8.43. The van der Waals surface area contributed by atoms with Gasteiger partial charge in [0, 0.05) is 36.4 Å². The van der Waals surface area contributed by atoms with Crippen LogP contribution < -0.4 is 16.2 Å². The molecule has 3 heterocycles. The Hall–Kier alpha value is -4.77. The number of benzene rings is 2. The minimum absolute atomic E-state index is 0.00366. The maximum atomic E-state index is 12.8. The highest BCUT2D eigenvalue weighted by Gasteiger charge is 2.24. The fraction of sp³-hybridized carbons (Fsp3) is 0.192. The number of nitrogen functional groups attached to an aromatic ring is 1. The largest absolute Gasteiger partial charge is 0.493 e. The molecule has 11 nitrogen and oxygen atoms in total. The predicted molar refractivity (Wildman–Crippen MR) is 136 cm³/mol. The molecule has 0 fully saturated rings. The maximum absolute atomic E-state index is 12.8. The molecule has 11 heteroatoms. The molecular formula is C26H25N7O4. The maximum Gasteiger partial charge on any atom is 0.350 e. The summed E-state index contributed by atoms with van der Waals surface area (Å²) in [5, 5.41) is 13.1. The zero-order valence-corrected chi connectivity index (χ0v) is 20.3. The van der Waals surface area contributed by atoms with E-state index in [1.54, 1.807) is 44.8 Å². The minimum atomic E-state index is -0.447. The number of nitrogens with zero attached hydrogens (tertiary/aromatic N) is 4. The van der Waals surface area contributed by atoms with Crippen molar-refractivity contribution in [2.45, 2.75) is 18.9 Å². The number of rotatable bonds is 9. The van der Waals surface area contributed by atoms with Gasteiger partial charge in [-0.2, -0.15) is 0 Å². The van der Waals surface area contributed by atoms with Gasteiger partial charge in [-0.25, -0.2) is 14.8 Å². The molecule has 2 aromatic carbocycles. The summed E-state index contributed by atoms with van der Waals surface area (Å²) in [5.74, 6) is 1.47. The summed E-state index contributed by atoms with van der Waals surface area (Å²) in [6.45, 7) is 0.327. The molecule has 0 bridgehead atoms. The van der Waals surface area contributed by atoms with Crippen LogP contribution in [0.3, 0.4) is 0 Å². The standard InChI is InChI=1S/C26H25N7O4/c1-35-14-19-12-18-11-17(13-21(36-2)22(18)37-19)20(10-15-4-6-16(7-5-15)23(27)28)24-31-26(34)33(32-24)25-29-8-3-9-30-25/h3-9,11-13,20H,10,14H2,1-2H3,(H3,27,28)(H,31,32,34). The fourth-order valence-corrected chi connectivity index (χ4v) is 4.22. The molecule has 188 valence electrons. The van der Waals surface area contributed by atoms with E-state index in [0.29, 0.717) is 41.5 Å². The molecule has 5 aromatic rings. The molecular weight excluding hydrogens is 474 g/mol. The molecule has 0 saturated heterocycles. The number of fused-ring (bicyclic) bond motifs is 1. The van der Waals surface area contributed by atoms with Crippen molar-refractivity contribution in [1.82, 2.24) is 24.7 Å². The highest BCUT2D eigenvalue weighted by atomic mass is 16.5. The summed E-state index contributed by atoms with van der Waals surface area (Å²) < 4.78 is 17.9. The smallest absolute Gasteiger partial charge is 0.350 e. The lowest BCUT2D eigenvalue weighted by molar-refractivity contribution is 0.166. The fourth-order valence-electron chi connectivity index (χ4n) is 4.22. The second kappa shape index (κ2) is 10.1. The lowest BCUT2D eigenvalue weighted by Gasteiger charge is -2.16. The molecule has 0 aliphatic carbocycles. The van der Waals surface area contributed by atoms with Crippen LogP contribution in [0.5, 0.6) is 5.75 Å². The summed E-state index contributed by atoms with van der Waals surface area (Å²) in [7, 11) is 3.18. The van der Waals surface area contributed by atoms with E-state index in [2.05, 4.69) is 20.1 Å². The van der Waals surface area contributed by atoms with Crippen molar-refractivity contribution < 1.29 is 13.9 Å². The van der Waals surface area contributed by atoms with Crippen molar-refractivity contribution in [2.75, 3.05) is 14.2 Å². The molecule has 3 aromatic heterocycles. The van der Waals surface area contributed by atoms with Crippen LogP contribution in [0.15, 0.2) is 70.1 Å². The molecule has 5 rings (SSSR count). The van der Waals surface area contributed by atoms with Gasteiger partial charge in [0.1, 0.15) is 24.0 Å². The zero-order valence-electron chi connectivity index (χ0n) is 20.3.